The van der Waals surface area contributed by atoms with Gasteiger partial charge in [0, 0.05) is 36.4 Å². The van der Waals surface area contributed by atoms with Crippen LogP contribution < -0.4 is 10.6 Å². The molecule has 0 bridgehead atoms. The summed E-state index contributed by atoms with van der Waals surface area (Å²) in [4.78, 5) is 43.0. The number of anilines is 2. The number of nitrogens with zero attached hydrogens (tertiary/aromatic N) is 2. The molecule has 0 saturated carbocycles. The maximum atomic E-state index is 12.4. The zero-order chi connectivity index (χ0) is 20.9. The molecular weight excluding hydrogens is 400 g/mol. The number of hydrogen-bond acceptors (Lipinski definition) is 5. The number of thioether (sulfide) groups is 1. The molecule has 2 aliphatic heterocycles. The average molecular weight is 423 g/mol. The van der Waals surface area contributed by atoms with Crippen molar-refractivity contribution in [1.29, 1.82) is 0 Å². The minimum absolute atomic E-state index is 0.0700. The van der Waals surface area contributed by atoms with Gasteiger partial charge < -0.3 is 15.5 Å². The van der Waals surface area contributed by atoms with Crippen LogP contribution in [0.3, 0.4) is 0 Å². The van der Waals surface area contributed by atoms with Crippen molar-refractivity contribution in [2.75, 3.05) is 23.7 Å². The Morgan fingerprint density at radius 3 is 2.33 bits per heavy atom. The van der Waals surface area contributed by atoms with Gasteiger partial charge in [-0.2, -0.15) is 4.99 Å². The third-order valence-corrected chi connectivity index (χ3v) is 6.15. The first-order chi connectivity index (χ1) is 14.6. The Hall–Kier alpha value is -3.13. The van der Waals surface area contributed by atoms with Crippen LogP contribution in [-0.2, 0) is 9.59 Å². The van der Waals surface area contributed by atoms with Gasteiger partial charge in [-0.1, -0.05) is 30.0 Å². The summed E-state index contributed by atoms with van der Waals surface area (Å²) in [5.41, 5.74) is 1.78. The number of para-hydroxylation sites is 1. The number of rotatable bonds is 5. The molecule has 30 heavy (non-hydrogen) atoms. The van der Waals surface area contributed by atoms with Gasteiger partial charge in [0.25, 0.3) is 11.8 Å². The number of amidine groups is 1. The number of hydrogen-bond donors (Lipinski definition) is 2. The van der Waals surface area contributed by atoms with Gasteiger partial charge in [-0.25, -0.2) is 0 Å². The second-order valence-electron chi connectivity index (χ2n) is 7.18. The highest BCUT2D eigenvalue weighted by molar-refractivity contribution is 8.15. The summed E-state index contributed by atoms with van der Waals surface area (Å²) < 4.78 is 0. The molecule has 2 heterocycles. The van der Waals surface area contributed by atoms with Gasteiger partial charge >= 0.3 is 0 Å². The van der Waals surface area contributed by atoms with E-state index in [1.165, 1.54) is 11.8 Å². The average Bonchev–Trinajstić information content (AvgIpc) is 3.40. The first kappa shape index (κ1) is 20.2. The summed E-state index contributed by atoms with van der Waals surface area (Å²) >= 11 is 1.37. The standard InChI is InChI=1S/C22H22N4O3S/c27-19(14-18-21(29)25-22(30-18)26-12-4-5-13-26)23-17-10-8-15(9-11-17)20(28)24-16-6-2-1-3-7-16/h1-3,6-11,18H,4-5,12-14H2,(H,23,27)(H,24,28)/t18-/m0/s1. The molecule has 154 valence electrons. The third kappa shape index (κ3) is 4.88. The number of carbonyl (C=O) groups is 3. The van der Waals surface area contributed by atoms with Crippen LogP contribution in [-0.4, -0.2) is 46.1 Å². The molecular formula is C22H22N4O3S. The molecule has 2 aromatic rings. The van der Waals surface area contributed by atoms with Crippen LogP contribution in [0.1, 0.15) is 29.6 Å². The van der Waals surface area contributed by atoms with E-state index in [0.29, 0.717) is 16.9 Å². The van der Waals surface area contributed by atoms with Crippen LogP contribution in [0.15, 0.2) is 59.6 Å². The fraction of sp³-hybridized carbons (Fsp3) is 0.273. The van der Waals surface area contributed by atoms with E-state index in [2.05, 4.69) is 20.5 Å². The van der Waals surface area contributed by atoms with E-state index in [-0.39, 0.29) is 24.1 Å². The lowest BCUT2D eigenvalue weighted by molar-refractivity contribution is -0.121. The van der Waals surface area contributed by atoms with Crippen molar-refractivity contribution in [3.05, 3.63) is 60.2 Å². The fourth-order valence-electron chi connectivity index (χ4n) is 3.36. The van der Waals surface area contributed by atoms with E-state index < -0.39 is 5.25 Å². The van der Waals surface area contributed by atoms with Gasteiger partial charge in [-0.05, 0) is 49.2 Å². The molecule has 4 rings (SSSR count). The predicted octanol–water partition coefficient (Wildman–Crippen LogP) is 3.36. The van der Waals surface area contributed by atoms with Gasteiger partial charge in [0.15, 0.2) is 5.17 Å². The van der Waals surface area contributed by atoms with Gasteiger partial charge in [-0.15, -0.1) is 0 Å². The molecule has 0 radical (unpaired) electrons. The van der Waals surface area contributed by atoms with Crippen LogP contribution in [0, 0.1) is 0 Å². The van der Waals surface area contributed by atoms with Crippen LogP contribution >= 0.6 is 11.8 Å². The van der Waals surface area contributed by atoms with Crippen molar-refractivity contribution in [2.24, 2.45) is 4.99 Å². The predicted molar refractivity (Wildman–Crippen MR) is 119 cm³/mol. The van der Waals surface area contributed by atoms with Crippen LogP contribution in [0.2, 0.25) is 0 Å². The fourth-order valence-corrected chi connectivity index (χ4v) is 4.48. The summed E-state index contributed by atoms with van der Waals surface area (Å²) in [5, 5.41) is 5.87. The Labute approximate surface area is 178 Å². The monoisotopic (exact) mass is 422 g/mol. The van der Waals surface area contributed by atoms with E-state index in [1.807, 2.05) is 30.3 Å². The van der Waals surface area contributed by atoms with Gasteiger partial charge in [0.05, 0.1) is 0 Å². The lowest BCUT2D eigenvalue weighted by Crippen LogP contribution is -2.25. The molecule has 0 unspecified atom stereocenters. The second kappa shape index (κ2) is 9.13. The highest BCUT2D eigenvalue weighted by atomic mass is 32.2. The molecule has 1 saturated heterocycles. The Kier molecular flexibility index (Phi) is 6.13. The quantitative estimate of drug-likeness (QED) is 0.771. The minimum atomic E-state index is -0.475. The van der Waals surface area contributed by atoms with E-state index >= 15 is 0 Å². The lowest BCUT2D eigenvalue weighted by Gasteiger charge is -2.16. The molecule has 7 nitrogen and oxygen atoms in total. The molecule has 1 atom stereocenters. The van der Waals surface area contributed by atoms with Crippen molar-refractivity contribution in [1.82, 2.24) is 4.90 Å². The van der Waals surface area contributed by atoms with E-state index in [0.717, 1.165) is 31.1 Å². The first-order valence-electron chi connectivity index (χ1n) is 9.89. The van der Waals surface area contributed by atoms with Gasteiger partial charge in [0.2, 0.25) is 5.91 Å². The Balaban J connectivity index is 1.29. The second-order valence-corrected chi connectivity index (χ2v) is 8.35. The van der Waals surface area contributed by atoms with Gasteiger partial charge in [-0.3, -0.25) is 14.4 Å². The number of likely N-dealkylation sites (tertiary alicyclic amines) is 1. The van der Waals surface area contributed by atoms with E-state index in [9.17, 15) is 14.4 Å². The molecule has 2 aromatic carbocycles. The van der Waals surface area contributed by atoms with Gasteiger partial charge in [0.1, 0.15) is 5.25 Å². The maximum absolute atomic E-state index is 12.4. The molecule has 0 aliphatic carbocycles. The smallest absolute Gasteiger partial charge is 0.262 e. The number of aliphatic imine (C=N–C) groups is 1. The van der Waals surface area contributed by atoms with E-state index in [1.54, 1.807) is 24.3 Å². The summed E-state index contributed by atoms with van der Waals surface area (Å²) in [5.74, 6) is -0.719. The summed E-state index contributed by atoms with van der Waals surface area (Å²) in [7, 11) is 0. The summed E-state index contributed by atoms with van der Waals surface area (Å²) in [6, 6.07) is 15.9. The van der Waals surface area contributed by atoms with Crippen molar-refractivity contribution < 1.29 is 14.4 Å². The van der Waals surface area contributed by atoms with Crippen molar-refractivity contribution >= 4 is 46.0 Å². The van der Waals surface area contributed by atoms with Crippen LogP contribution in [0.4, 0.5) is 11.4 Å². The maximum Gasteiger partial charge on any atom is 0.262 e. The molecule has 0 aromatic heterocycles. The Morgan fingerprint density at radius 1 is 0.967 bits per heavy atom. The number of amides is 3. The Morgan fingerprint density at radius 2 is 1.63 bits per heavy atom. The third-order valence-electron chi connectivity index (χ3n) is 4.94. The highest BCUT2D eigenvalue weighted by Gasteiger charge is 2.33. The molecule has 2 N–H and O–H groups in total. The highest BCUT2D eigenvalue weighted by Crippen LogP contribution is 2.29. The Bertz CT molecular complexity index is 970. The number of carbonyl (C=O) groups excluding carboxylic acids is 3. The topological polar surface area (TPSA) is 90.9 Å². The zero-order valence-corrected chi connectivity index (χ0v) is 17.2. The van der Waals surface area contributed by atoms with Crippen molar-refractivity contribution in [3.63, 3.8) is 0 Å². The number of benzene rings is 2. The van der Waals surface area contributed by atoms with Crippen LogP contribution in [0.5, 0.6) is 0 Å². The van der Waals surface area contributed by atoms with E-state index in [4.69, 9.17) is 0 Å². The minimum Gasteiger partial charge on any atom is -0.351 e. The van der Waals surface area contributed by atoms with Crippen LogP contribution in [0.25, 0.3) is 0 Å². The van der Waals surface area contributed by atoms with Crippen molar-refractivity contribution in [3.8, 4) is 0 Å². The molecule has 0 spiro atoms. The lowest BCUT2D eigenvalue weighted by atomic mass is 10.2. The van der Waals surface area contributed by atoms with Crippen molar-refractivity contribution in [2.45, 2.75) is 24.5 Å². The normalized spacial score (nSPS) is 18.3. The molecule has 2 aliphatic rings. The largest absolute Gasteiger partial charge is 0.351 e. The summed E-state index contributed by atoms with van der Waals surface area (Å²) in [6.45, 7) is 1.84. The molecule has 3 amide bonds. The number of nitrogens with one attached hydrogen (secondary N) is 2. The first-order valence-corrected chi connectivity index (χ1v) is 10.8. The summed E-state index contributed by atoms with van der Waals surface area (Å²) in [6.07, 6.45) is 2.29. The molecule has 8 heteroatoms. The SMILES string of the molecule is O=C(C[C@@H]1SC(N2CCCC2)=NC1=O)Nc1ccc(C(=O)Nc2ccccc2)cc1. The zero-order valence-electron chi connectivity index (χ0n) is 16.3. The molecule has 1 fully saturated rings.